The van der Waals surface area contributed by atoms with Gasteiger partial charge in [0.15, 0.2) is 5.41 Å². The van der Waals surface area contributed by atoms with Gasteiger partial charge in [0.05, 0.1) is 0 Å². The summed E-state index contributed by atoms with van der Waals surface area (Å²) in [6, 6.07) is 0. The molecular formula is C9H15O4. The Kier molecular flexibility index (Phi) is 4.45. The van der Waals surface area contributed by atoms with Gasteiger partial charge < -0.3 is 10.2 Å². The minimum absolute atomic E-state index is 0.0888. The lowest BCUT2D eigenvalue weighted by Crippen LogP contribution is -2.36. The summed E-state index contributed by atoms with van der Waals surface area (Å²) in [5.41, 5.74) is -1.87. The van der Waals surface area contributed by atoms with E-state index in [1.165, 1.54) is 0 Å². The Bertz CT molecular complexity index is 184. The smallest absolute Gasteiger partial charge is 0.321 e. The molecule has 0 aromatic heterocycles. The quantitative estimate of drug-likeness (QED) is 0.488. The van der Waals surface area contributed by atoms with Gasteiger partial charge in [-0.25, -0.2) is 0 Å². The van der Waals surface area contributed by atoms with Crippen LogP contribution in [0, 0.1) is 12.3 Å². The second-order valence-corrected chi connectivity index (χ2v) is 3.15. The SMILES string of the molecule is [CH2]C(CCCCC)(C(=O)O)C(=O)O. The molecule has 13 heavy (non-hydrogen) atoms. The van der Waals surface area contributed by atoms with E-state index in [0.29, 0.717) is 6.42 Å². The summed E-state index contributed by atoms with van der Waals surface area (Å²) < 4.78 is 0. The number of carboxylic acids is 2. The summed E-state index contributed by atoms with van der Waals surface area (Å²) in [6.45, 7) is 5.21. The molecule has 0 bridgehead atoms. The maximum atomic E-state index is 10.6. The van der Waals surface area contributed by atoms with E-state index in [1.807, 2.05) is 6.92 Å². The van der Waals surface area contributed by atoms with Gasteiger partial charge in [-0.3, -0.25) is 9.59 Å². The summed E-state index contributed by atoms with van der Waals surface area (Å²) in [4.78, 5) is 21.2. The van der Waals surface area contributed by atoms with Gasteiger partial charge in [-0.2, -0.15) is 0 Å². The van der Waals surface area contributed by atoms with E-state index in [2.05, 4.69) is 6.92 Å². The van der Waals surface area contributed by atoms with E-state index in [-0.39, 0.29) is 6.42 Å². The first-order valence-corrected chi connectivity index (χ1v) is 4.27. The molecule has 0 aliphatic carbocycles. The van der Waals surface area contributed by atoms with E-state index >= 15 is 0 Å². The van der Waals surface area contributed by atoms with Gasteiger partial charge in [0.2, 0.25) is 0 Å². The molecule has 2 N–H and O–H groups in total. The Labute approximate surface area is 77.6 Å². The third kappa shape index (κ3) is 3.05. The molecular weight excluding hydrogens is 172 g/mol. The Balaban J connectivity index is 4.26. The van der Waals surface area contributed by atoms with Crippen molar-refractivity contribution >= 4 is 11.9 Å². The molecule has 0 aliphatic heterocycles. The third-order valence-electron chi connectivity index (χ3n) is 2.03. The van der Waals surface area contributed by atoms with E-state index in [1.54, 1.807) is 0 Å². The zero-order chi connectivity index (χ0) is 10.5. The lowest BCUT2D eigenvalue weighted by molar-refractivity contribution is -0.161. The number of hydrogen-bond donors (Lipinski definition) is 2. The van der Waals surface area contributed by atoms with Crippen molar-refractivity contribution in [2.75, 3.05) is 0 Å². The van der Waals surface area contributed by atoms with Crippen molar-refractivity contribution in [2.24, 2.45) is 5.41 Å². The van der Waals surface area contributed by atoms with Crippen molar-refractivity contribution in [1.82, 2.24) is 0 Å². The molecule has 0 saturated carbocycles. The van der Waals surface area contributed by atoms with E-state index < -0.39 is 17.4 Å². The molecule has 0 aliphatic rings. The second kappa shape index (κ2) is 4.84. The molecule has 1 radical (unpaired) electrons. The Morgan fingerprint density at radius 2 is 1.69 bits per heavy atom. The maximum absolute atomic E-state index is 10.6. The topological polar surface area (TPSA) is 74.6 Å². The van der Waals surface area contributed by atoms with Crippen LogP contribution in [0.15, 0.2) is 0 Å². The molecule has 0 atom stereocenters. The molecule has 0 heterocycles. The van der Waals surface area contributed by atoms with Crippen molar-refractivity contribution in [3.8, 4) is 0 Å². The van der Waals surface area contributed by atoms with Crippen LogP contribution in [0.5, 0.6) is 0 Å². The largest absolute Gasteiger partial charge is 0.480 e. The number of rotatable bonds is 6. The van der Waals surface area contributed by atoms with Crippen molar-refractivity contribution in [2.45, 2.75) is 32.6 Å². The highest BCUT2D eigenvalue weighted by Gasteiger charge is 2.40. The zero-order valence-electron chi connectivity index (χ0n) is 7.75. The van der Waals surface area contributed by atoms with Crippen LogP contribution in [-0.4, -0.2) is 22.2 Å². The molecule has 0 aromatic carbocycles. The zero-order valence-corrected chi connectivity index (χ0v) is 7.75. The summed E-state index contributed by atoms with van der Waals surface area (Å²) >= 11 is 0. The number of carboxylic acid groups (broad SMARTS) is 2. The highest BCUT2D eigenvalue weighted by Crippen LogP contribution is 2.24. The van der Waals surface area contributed by atoms with E-state index in [9.17, 15) is 9.59 Å². The number of carbonyl (C=O) groups is 2. The Morgan fingerprint density at radius 1 is 1.23 bits per heavy atom. The van der Waals surface area contributed by atoms with E-state index in [0.717, 1.165) is 12.8 Å². The fraction of sp³-hybridized carbons (Fsp3) is 0.667. The predicted octanol–water partition coefficient (Wildman–Crippen LogP) is 1.56. The van der Waals surface area contributed by atoms with Crippen molar-refractivity contribution in [3.63, 3.8) is 0 Å². The van der Waals surface area contributed by atoms with Crippen LogP contribution < -0.4 is 0 Å². The number of unbranched alkanes of at least 4 members (excludes halogenated alkanes) is 2. The van der Waals surface area contributed by atoms with Gasteiger partial charge in [-0.05, 0) is 13.3 Å². The van der Waals surface area contributed by atoms with Crippen molar-refractivity contribution in [3.05, 3.63) is 6.92 Å². The van der Waals surface area contributed by atoms with Gasteiger partial charge in [-0.1, -0.05) is 26.2 Å². The minimum Gasteiger partial charge on any atom is -0.480 e. The fourth-order valence-electron chi connectivity index (χ4n) is 0.982. The molecule has 0 fully saturated rings. The molecule has 0 rings (SSSR count). The molecule has 0 aromatic rings. The molecule has 0 unspecified atom stereocenters. The summed E-state index contributed by atoms with van der Waals surface area (Å²) in [7, 11) is 0. The van der Waals surface area contributed by atoms with Gasteiger partial charge in [-0.15, -0.1) is 0 Å². The van der Waals surface area contributed by atoms with Crippen LogP contribution in [0.2, 0.25) is 0 Å². The predicted molar refractivity (Wildman–Crippen MR) is 47.2 cm³/mol. The van der Waals surface area contributed by atoms with Crippen molar-refractivity contribution < 1.29 is 19.8 Å². The summed E-state index contributed by atoms with van der Waals surface area (Å²) in [5.74, 6) is -2.73. The lowest BCUT2D eigenvalue weighted by Gasteiger charge is -2.18. The summed E-state index contributed by atoms with van der Waals surface area (Å²) in [6.07, 6.45) is 2.43. The standard InChI is InChI=1S/C9H15O4/c1-3-4-5-6-9(2,7(10)11)8(12)13/h2-6H2,1H3,(H,10,11)(H,12,13). The molecule has 0 spiro atoms. The highest BCUT2D eigenvalue weighted by molar-refractivity contribution is 5.98. The van der Waals surface area contributed by atoms with Gasteiger partial charge in [0, 0.05) is 0 Å². The van der Waals surface area contributed by atoms with Crippen LogP contribution in [0.4, 0.5) is 0 Å². The van der Waals surface area contributed by atoms with Gasteiger partial charge >= 0.3 is 11.9 Å². The van der Waals surface area contributed by atoms with Crippen LogP contribution in [-0.2, 0) is 9.59 Å². The second-order valence-electron chi connectivity index (χ2n) is 3.15. The molecule has 0 amide bonds. The summed E-state index contributed by atoms with van der Waals surface area (Å²) in [5, 5.41) is 17.3. The third-order valence-corrected chi connectivity index (χ3v) is 2.03. The molecule has 75 valence electrons. The maximum Gasteiger partial charge on any atom is 0.321 e. The Morgan fingerprint density at radius 3 is 2.00 bits per heavy atom. The number of hydrogen-bond acceptors (Lipinski definition) is 2. The monoisotopic (exact) mass is 187 g/mol. The lowest BCUT2D eigenvalue weighted by atomic mass is 9.85. The van der Waals surface area contributed by atoms with Gasteiger partial charge in [0.1, 0.15) is 0 Å². The van der Waals surface area contributed by atoms with Crippen LogP contribution in [0.1, 0.15) is 32.6 Å². The first kappa shape index (κ1) is 11.9. The molecule has 4 nitrogen and oxygen atoms in total. The molecule has 4 heteroatoms. The van der Waals surface area contributed by atoms with Crippen LogP contribution in [0.3, 0.4) is 0 Å². The fourth-order valence-corrected chi connectivity index (χ4v) is 0.982. The van der Waals surface area contributed by atoms with Gasteiger partial charge in [0.25, 0.3) is 0 Å². The van der Waals surface area contributed by atoms with Crippen LogP contribution >= 0.6 is 0 Å². The van der Waals surface area contributed by atoms with Crippen LogP contribution in [0.25, 0.3) is 0 Å². The average Bonchev–Trinajstić information content (AvgIpc) is 2.03. The Hall–Kier alpha value is -1.06. The number of aliphatic carboxylic acids is 2. The first-order valence-electron chi connectivity index (χ1n) is 4.27. The van der Waals surface area contributed by atoms with Crippen molar-refractivity contribution in [1.29, 1.82) is 0 Å². The average molecular weight is 187 g/mol. The molecule has 0 saturated heterocycles. The first-order chi connectivity index (χ1) is 5.95. The highest BCUT2D eigenvalue weighted by atomic mass is 16.4. The normalized spacial score (nSPS) is 11.2. The van der Waals surface area contributed by atoms with E-state index in [4.69, 9.17) is 10.2 Å². The minimum atomic E-state index is -1.87.